The number of hydrogen-bond donors (Lipinski definition) is 1. The van der Waals surface area contributed by atoms with E-state index in [2.05, 4.69) is 29.4 Å². The summed E-state index contributed by atoms with van der Waals surface area (Å²) < 4.78 is 0. The maximum Gasteiger partial charge on any atom is 0.0954 e. The monoisotopic (exact) mass is 239 g/mol. The molecular formula is C12H21N3S. The lowest BCUT2D eigenvalue weighted by Crippen LogP contribution is -2.27. The number of nitrogens with zero attached hydrogens (tertiary/aromatic N) is 2. The fourth-order valence-corrected chi connectivity index (χ4v) is 2.78. The highest BCUT2D eigenvalue weighted by Crippen LogP contribution is 2.20. The maximum atomic E-state index is 4.69. The van der Waals surface area contributed by atoms with E-state index in [1.165, 1.54) is 23.7 Å². The molecule has 2 heterocycles. The Morgan fingerprint density at radius 1 is 1.44 bits per heavy atom. The van der Waals surface area contributed by atoms with E-state index in [0.717, 1.165) is 26.2 Å². The molecule has 1 N–H and O–H groups in total. The molecule has 0 bridgehead atoms. The lowest BCUT2D eigenvalue weighted by Gasteiger charge is -2.17. The van der Waals surface area contributed by atoms with Gasteiger partial charge in [0.25, 0.3) is 0 Å². The third-order valence-corrected chi connectivity index (χ3v) is 4.08. The van der Waals surface area contributed by atoms with E-state index in [-0.39, 0.29) is 0 Å². The van der Waals surface area contributed by atoms with Gasteiger partial charge in [0.05, 0.1) is 10.7 Å². The standard InChI is InChI=1S/C12H21N3S/c1-10(2)12-14-11(9-16-12)8-15-6-3-4-13-5-7-15/h9-10,13H,3-8H2,1-2H3. The van der Waals surface area contributed by atoms with E-state index in [4.69, 9.17) is 4.98 Å². The van der Waals surface area contributed by atoms with Crippen LogP contribution in [0.25, 0.3) is 0 Å². The number of hydrogen-bond acceptors (Lipinski definition) is 4. The van der Waals surface area contributed by atoms with Crippen molar-refractivity contribution in [3.05, 3.63) is 16.1 Å². The van der Waals surface area contributed by atoms with E-state index >= 15 is 0 Å². The summed E-state index contributed by atoms with van der Waals surface area (Å²) in [6.07, 6.45) is 1.25. The summed E-state index contributed by atoms with van der Waals surface area (Å²) in [5.74, 6) is 0.560. The predicted octanol–water partition coefficient (Wildman–Crippen LogP) is 2.06. The molecule has 0 saturated carbocycles. The molecule has 16 heavy (non-hydrogen) atoms. The quantitative estimate of drug-likeness (QED) is 0.875. The SMILES string of the molecule is CC(C)c1nc(CN2CCCNCC2)cs1. The molecule has 1 aliphatic rings. The van der Waals surface area contributed by atoms with Gasteiger partial charge < -0.3 is 5.32 Å². The van der Waals surface area contributed by atoms with Crippen LogP contribution in [0.15, 0.2) is 5.38 Å². The zero-order valence-corrected chi connectivity index (χ0v) is 11.0. The highest BCUT2D eigenvalue weighted by Gasteiger charge is 2.11. The molecule has 90 valence electrons. The molecular weight excluding hydrogens is 218 g/mol. The van der Waals surface area contributed by atoms with E-state index in [1.54, 1.807) is 11.3 Å². The molecule has 2 rings (SSSR count). The number of aromatic nitrogens is 1. The molecule has 1 aromatic rings. The zero-order chi connectivity index (χ0) is 11.4. The Hall–Kier alpha value is -0.450. The molecule has 0 amide bonds. The molecule has 0 spiro atoms. The fourth-order valence-electron chi connectivity index (χ4n) is 1.95. The lowest BCUT2D eigenvalue weighted by molar-refractivity contribution is 0.281. The lowest BCUT2D eigenvalue weighted by atomic mass is 10.2. The van der Waals surface area contributed by atoms with Crippen LogP contribution < -0.4 is 5.32 Å². The Morgan fingerprint density at radius 2 is 2.31 bits per heavy atom. The van der Waals surface area contributed by atoms with Crippen LogP contribution in [0.4, 0.5) is 0 Å². The van der Waals surface area contributed by atoms with E-state index < -0.39 is 0 Å². The Balaban J connectivity index is 1.91. The topological polar surface area (TPSA) is 28.2 Å². The van der Waals surface area contributed by atoms with Crippen LogP contribution in [0.3, 0.4) is 0 Å². The van der Waals surface area contributed by atoms with Gasteiger partial charge in [-0.15, -0.1) is 11.3 Å². The average molecular weight is 239 g/mol. The normalized spacial score (nSPS) is 18.9. The van der Waals surface area contributed by atoms with Gasteiger partial charge >= 0.3 is 0 Å². The summed E-state index contributed by atoms with van der Waals surface area (Å²) in [5, 5.41) is 6.91. The summed E-state index contributed by atoms with van der Waals surface area (Å²) in [6, 6.07) is 0. The van der Waals surface area contributed by atoms with Gasteiger partial charge in [-0.1, -0.05) is 13.8 Å². The minimum atomic E-state index is 0.560. The largest absolute Gasteiger partial charge is 0.315 e. The van der Waals surface area contributed by atoms with Crippen molar-refractivity contribution in [3.8, 4) is 0 Å². The summed E-state index contributed by atoms with van der Waals surface area (Å²) in [6.45, 7) is 10.0. The van der Waals surface area contributed by atoms with Crippen molar-refractivity contribution >= 4 is 11.3 Å². The van der Waals surface area contributed by atoms with Crippen molar-refractivity contribution in [1.82, 2.24) is 15.2 Å². The van der Waals surface area contributed by atoms with Gasteiger partial charge in [-0.05, 0) is 19.5 Å². The maximum absolute atomic E-state index is 4.69. The minimum absolute atomic E-state index is 0.560. The van der Waals surface area contributed by atoms with E-state index in [9.17, 15) is 0 Å². The van der Waals surface area contributed by atoms with Crippen molar-refractivity contribution < 1.29 is 0 Å². The van der Waals surface area contributed by atoms with Crippen LogP contribution in [-0.2, 0) is 6.54 Å². The summed E-state index contributed by atoms with van der Waals surface area (Å²) in [5.41, 5.74) is 1.25. The van der Waals surface area contributed by atoms with Crippen LogP contribution in [0, 0.1) is 0 Å². The van der Waals surface area contributed by atoms with Crippen LogP contribution >= 0.6 is 11.3 Å². The molecule has 1 aromatic heterocycles. The Morgan fingerprint density at radius 3 is 3.06 bits per heavy atom. The van der Waals surface area contributed by atoms with Gasteiger partial charge in [0.2, 0.25) is 0 Å². The molecule has 0 aromatic carbocycles. The number of thiazole rings is 1. The fraction of sp³-hybridized carbons (Fsp3) is 0.750. The van der Waals surface area contributed by atoms with Crippen molar-refractivity contribution in [1.29, 1.82) is 0 Å². The molecule has 4 heteroatoms. The second-order valence-corrected chi connectivity index (χ2v) is 5.60. The molecule has 0 radical (unpaired) electrons. The molecule has 0 unspecified atom stereocenters. The predicted molar refractivity (Wildman–Crippen MR) is 69.0 cm³/mol. The summed E-state index contributed by atoms with van der Waals surface area (Å²) in [4.78, 5) is 7.19. The van der Waals surface area contributed by atoms with Gasteiger partial charge in [0.15, 0.2) is 0 Å². The highest BCUT2D eigenvalue weighted by molar-refractivity contribution is 7.09. The van der Waals surface area contributed by atoms with Crippen LogP contribution in [0.1, 0.15) is 36.9 Å². The molecule has 1 fully saturated rings. The first-order valence-corrected chi connectivity index (χ1v) is 7.01. The van der Waals surface area contributed by atoms with Crippen molar-refractivity contribution in [2.24, 2.45) is 0 Å². The summed E-state index contributed by atoms with van der Waals surface area (Å²) >= 11 is 1.80. The van der Waals surface area contributed by atoms with E-state index in [0.29, 0.717) is 5.92 Å². The number of rotatable bonds is 3. The number of nitrogens with one attached hydrogen (secondary N) is 1. The first-order chi connectivity index (χ1) is 7.75. The second-order valence-electron chi connectivity index (χ2n) is 4.71. The smallest absolute Gasteiger partial charge is 0.0954 e. The molecule has 0 aliphatic carbocycles. The van der Waals surface area contributed by atoms with Crippen molar-refractivity contribution in [2.75, 3.05) is 26.2 Å². The zero-order valence-electron chi connectivity index (χ0n) is 10.2. The Bertz CT molecular complexity index is 314. The summed E-state index contributed by atoms with van der Waals surface area (Å²) in [7, 11) is 0. The Labute approximate surface area is 102 Å². The Kier molecular flexibility index (Phi) is 4.32. The minimum Gasteiger partial charge on any atom is -0.315 e. The highest BCUT2D eigenvalue weighted by atomic mass is 32.1. The average Bonchev–Trinajstić information content (AvgIpc) is 2.56. The second kappa shape index (κ2) is 5.75. The van der Waals surface area contributed by atoms with Crippen LogP contribution in [0.5, 0.6) is 0 Å². The molecule has 3 nitrogen and oxygen atoms in total. The van der Waals surface area contributed by atoms with E-state index in [1.807, 2.05) is 0 Å². The molecule has 1 aliphatic heterocycles. The van der Waals surface area contributed by atoms with Gasteiger partial charge in [-0.2, -0.15) is 0 Å². The molecule has 0 atom stereocenters. The van der Waals surface area contributed by atoms with Gasteiger partial charge in [0, 0.05) is 30.9 Å². The van der Waals surface area contributed by atoms with Gasteiger partial charge in [0.1, 0.15) is 0 Å². The van der Waals surface area contributed by atoms with Gasteiger partial charge in [-0.3, -0.25) is 4.90 Å². The first kappa shape index (κ1) is 12.0. The van der Waals surface area contributed by atoms with Gasteiger partial charge in [-0.25, -0.2) is 4.98 Å². The molecule has 1 saturated heterocycles. The van der Waals surface area contributed by atoms with Crippen LogP contribution in [-0.4, -0.2) is 36.1 Å². The third-order valence-electron chi connectivity index (χ3n) is 2.88. The van der Waals surface area contributed by atoms with Crippen molar-refractivity contribution in [2.45, 2.75) is 32.7 Å². The van der Waals surface area contributed by atoms with Crippen molar-refractivity contribution in [3.63, 3.8) is 0 Å². The van der Waals surface area contributed by atoms with Crippen LogP contribution in [0.2, 0.25) is 0 Å². The third kappa shape index (κ3) is 3.27. The first-order valence-electron chi connectivity index (χ1n) is 6.13.